The lowest BCUT2D eigenvalue weighted by Crippen LogP contribution is -2.71. The number of carbonyl (C=O) groups excluding carboxylic acids is 2. The van der Waals surface area contributed by atoms with Crippen molar-refractivity contribution < 1.29 is 27.5 Å². The van der Waals surface area contributed by atoms with Crippen LogP contribution < -0.4 is 10.7 Å². The van der Waals surface area contributed by atoms with Gasteiger partial charge >= 0.3 is 17.8 Å². The maximum Gasteiger partial charge on any atom is 0.443 e. The molecule has 1 aromatic heterocycles. The molecule has 134 valence electrons. The number of halogens is 3. The van der Waals surface area contributed by atoms with Crippen molar-refractivity contribution >= 4 is 11.9 Å². The largest absolute Gasteiger partial charge is 0.463 e. The normalized spacial score (nSPS) is 13.6. The molecule has 8 nitrogen and oxygen atoms in total. The van der Waals surface area contributed by atoms with Crippen LogP contribution in [0.4, 0.5) is 13.2 Å². The molecule has 2 rings (SSSR count). The van der Waals surface area contributed by atoms with Gasteiger partial charge in [-0.05, 0) is 19.1 Å². The molecule has 2 N–H and O–H groups in total. The minimum Gasteiger partial charge on any atom is -0.463 e. The summed E-state index contributed by atoms with van der Waals surface area (Å²) in [6.07, 6.45) is -3.43. The standard InChI is InChI=1S/C14H14F3N5O3/c1-2-25-12(24)13(14(15,16)17,21-22-8-18-19-9-22)20-11(23)10-6-4-3-5-7-10/h3-9,21H,2H2,1H3,(H,20,23)/t13-/m1/s1. The van der Waals surface area contributed by atoms with Crippen molar-refractivity contribution in [2.45, 2.75) is 18.8 Å². The van der Waals surface area contributed by atoms with Crippen LogP contribution in [0.3, 0.4) is 0 Å². The molecule has 0 bridgehead atoms. The highest BCUT2D eigenvalue weighted by molar-refractivity contribution is 5.98. The maximum atomic E-state index is 13.8. The zero-order valence-electron chi connectivity index (χ0n) is 12.9. The van der Waals surface area contributed by atoms with E-state index in [2.05, 4.69) is 14.9 Å². The van der Waals surface area contributed by atoms with Gasteiger partial charge in [-0.2, -0.15) is 13.2 Å². The quantitative estimate of drug-likeness (QED) is 0.593. The van der Waals surface area contributed by atoms with Crippen LogP contribution in [-0.2, 0) is 9.53 Å². The molecule has 0 unspecified atom stereocenters. The SMILES string of the molecule is CCOC(=O)[C@@](NC(=O)c1ccccc1)(Nn1cnnc1)C(F)(F)F. The Morgan fingerprint density at radius 2 is 1.76 bits per heavy atom. The van der Waals surface area contributed by atoms with Gasteiger partial charge in [-0.15, -0.1) is 10.2 Å². The molecular weight excluding hydrogens is 343 g/mol. The fourth-order valence-corrected chi connectivity index (χ4v) is 1.90. The third kappa shape index (κ3) is 3.87. The smallest absolute Gasteiger partial charge is 0.443 e. The summed E-state index contributed by atoms with van der Waals surface area (Å²) in [6.45, 7) is 1.03. The van der Waals surface area contributed by atoms with Crippen LogP contribution in [0.25, 0.3) is 0 Å². The van der Waals surface area contributed by atoms with Crippen molar-refractivity contribution in [2.24, 2.45) is 0 Å². The molecular formula is C14H14F3N5O3. The summed E-state index contributed by atoms with van der Waals surface area (Å²) in [5.74, 6) is -2.84. The number of aromatic nitrogens is 3. The third-order valence-electron chi connectivity index (χ3n) is 3.06. The minimum absolute atomic E-state index is 0.0639. The molecule has 1 heterocycles. The van der Waals surface area contributed by atoms with Gasteiger partial charge in [0, 0.05) is 5.56 Å². The van der Waals surface area contributed by atoms with E-state index in [-0.39, 0.29) is 12.2 Å². The van der Waals surface area contributed by atoms with E-state index in [1.807, 2.05) is 5.43 Å². The highest BCUT2D eigenvalue weighted by Gasteiger charge is 2.64. The topological polar surface area (TPSA) is 98.1 Å². The molecule has 11 heteroatoms. The van der Waals surface area contributed by atoms with E-state index in [9.17, 15) is 22.8 Å². The first-order valence-electron chi connectivity index (χ1n) is 7.04. The molecule has 1 amide bonds. The van der Waals surface area contributed by atoms with Gasteiger partial charge in [0.2, 0.25) is 0 Å². The van der Waals surface area contributed by atoms with Gasteiger partial charge in [0.05, 0.1) is 6.61 Å². The Hall–Kier alpha value is -3.11. The summed E-state index contributed by atoms with van der Waals surface area (Å²) in [6, 6.07) is 7.15. The Morgan fingerprint density at radius 3 is 2.28 bits per heavy atom. The van der Waals surface area contributed by atoms with Gasteiger partial charge < -0.3 is 10.1 Å². The molecule has 0 saturated carbocycles. The van der Waals surface area contributed by atoms with E-state index >= 15 is 0 Å². The summed E-state index contributed by atoms with van der Waals surface area (Å²) in [4.78, 5) is 24.4. The fourth-order valence-electron chi connectivity index (χ4n) is 1.90. The highest BCUT2D eigenvalue weighted by Crippen LogP contribution is 2.31. The first-order chi connectivity index (χ1) is 11.8. The van der Waals surface area contributed by atoms with Crippen molar-refractivity contribution in [3.05, 3.63) is 48.5 Å². The first-order valence-corrected chi connectivity index (χ1v) is 7.04. The summed E-state index contributed by atoms with van der Waals surface area (Å²) in [5, 5.41) is 8.38. The number of nitrogens with one attached hydrogen (secondary N) is 2. The Balaban J connectivity index is 2.45. The molecule has 0 aliphatic rings. The predicted molar refractivity (Wildman–Crippen MR) is 78.7 cm³/mol. The summed E-state index contributed by atoms with van der Waals surface area (Å²) >= 11 is 0. The maximum absolute atomic E-state index is 13.8. The number of esters is 1. The zero-order chi connectivity index (χ0) is 18.5. The molecule has 0 fully saturated rings. The number of hydrogen-bond acceptors (Lipinski definition) is 6. The van der Waals surface area contributed by atoms with Crippen LogP contribution in [0, 0.1) is 0 Å². The van der Waals surface area contributed by atoms with Gasteiger partial charge in [-0.1, -0.05) is 18.2 Å². The van der Waals surface area contributed by atoms with Crippen molar-refractivity contribution in [3.8, 4) is 0 Å². The van der Waals surface area contributed by atoms with Gasteiger partial charge in [-0.3, -0.25) is 10.2 Å². The lowest BCUT2D eigenvalue weighted by atomic mass is 10.1. The first kappa shape index (κ1) is 18.2. The van der Waals surface area contributed by atoms with Gasteiger partial charge in [0.15, 0.2) is 0 Å². The number of benzene rings is 1. The van der Waals surface area contributed by atoms with Crippen molar-refractivity contribution in [1.29, 1.82) is 0 Å². The Morgan fingerprint density at radius 1 is 1.16 bits per heavy atom. The second-order valence-electron chi connectivity index (χ2n) is 4.77. The van der Waals surface area contributed by atoms with E-state index in [0.717, 1.165) is 12.7 Å². The number of amides is 1. The highest BCUT2D eigenvalue weighted by atomic mass is 19.4. The molecule has 1 atom stereocenters. The van der Waals surface area contributed by atoms with Crippen LogP contribution in [-0.4, -0.2) is 45.2 Å². The predicted octanol–water partition coefficient (Wildman–Crippen LogP) is 1.07. The van der Waals surface area contributed by atoms with E-state index in [0.29, 0.717) is 4.68 Å². The molecule has 0 spiro atoms. The number of nitrogens with zero attached hydrogens (tertiary/aromatic N) is 3. The van der Waals surface area contributed by atoms with E-state index < -0.39 is 23.7 Å². The van der Waals surface area contributed by atoms with Gasteiger partial charge in [0.25, 0.3) is 5.91 Å². The van der Waals surface area contributed by atoms with Crippen LogP contribution in [0.5, 0.6) is 0 Å². The lowest BCUT2D eigenvalue weighted by molar-refractivity contribution is -0.206. The Labute approximate surface area is 140 Å². The molecule has 2 aromatic rings. The number of carbonyl (C=O) groups is 2. The number of rotatable bonds is 6. The summed E-state index contributed by atoms with van der Waals surface area (Å²) in [5.41, 5.74) is -1.74. The number of hydrogen-bond donors (Lipinski definition) is 2. The Bertz CT molecular complexity index is 721. The average Bonchev–Trinajstić information content (AvgIpc) is 3.07. The van der Waals surface area contributed by atoms with E-state index in [1.165, 1.54) is 31.2 Å². The third-order valence-corrected chi connectivity index (χ3v) is 3.06. The molecule has 0 saturated heterocycles. The zero-order valence-corrected chi connectivity index (χ0v) is 12.9. The molecule has 0 radical (unpaired) electrons. The van der Waals surface area contributed by atoms with Crippen molar-refractivity contribution in [1.82, 2.24) is 20.2 Å². The molecule has 0 aliphatic heterocycles. The lowest BCUT2D eigenvalue weighted by Gasteiger charge is -2.35. The van der Waals surface area contributed by atoms with Crippen LogP contribution in [0.1, 0.15) is 17.3 Å². The van der Waals surface area contributed by atoms with Crippen LogP contribution >= 0.6 is 0 Å². The van der Waals surface area contributed by atoms with Crippen LogP contribution in [0.2, 0.25) is 0 Å². The summed E-state index contributed by atoms with van der Waals surface area (Å²) < 4.78 is 46.6. The van der Waals surface area contributed by atoms with Crippen molar-refractivity contribution in [2.75, 3.05) is 12.0 Å². The molecule has 25 heavy (non-hydrogen) atoms. The number of alkyl halides is 3. The Kier molecular flexibility index (Phi) is 5.25. The molecule has 0 aliphatic carbocycles. The van der Waals surface area contributed by atoms with E-state index in [1.54, 1.807) is 11.4 Å². The van der Waals surface area contributed by atoms with Crippen molar-refractivity contribution in [3.63, 3.8) is 0 Å². The fraction of sp³-hybridized carbons (Fsp3) is 0.286. The second-order valence-corrected chi connectivity index (χ2v) is 4.77. The minimum atomic E-state index is -5.23. The van der Waals surface area contributed by atoms with Crippen LogP contribution in [0.15, 0.2) is 43.0 Å². The number of ether oxygens (including phenoxy) is 1. The monoisotopic (exact) mass is 357 g/mol. The molecule has 1 aromatic carbocycles. The van der Waals surface area contributed by atoms with E-state index in [4.69, 9.17) is 0 Å². The average molecular weight is 357 g/mol. The van der Waals surface area contributed by atoms with Gasteiger partial charge in [-0.25, -0.2) is 9.47 Å². The second kappa shape index (κ2) is 7.20. The summed E-state index contributed by atoms with van der Waals surface area (Å²) in [7, 11) is 0. The van der Waals surface area contributed by atoms with Gasteiger partial charge in [0.1, 0.15) is 12.7 Å².